The van der Waals surface area contributed by atoms with Gasteiger partial charge in [0.1, 0.15) is 11.5 Å². The highest BCUT2D eigenvalue weighted by Gasteiger charge is 2.23. The molecule has 2 aromatic rings. The summed E-state index contributed by atoms with van der Waals surface area (Å²) < 4.78 is 10.8. The van der Waals surface area contributed by atoms with Crippen LogP contribution < -0.4 is 9.47 Å². The summed E-state index contributed by atoms with van der Waals surface area (Å²) >= 11 is 0. The first-order chi connectivity index (χ1) is 13.4. The van der Waals surface area contributed by atoms with E-state index >= 15 is 0 Å². The van der Waals surface area contributed by atoms with Crippen molar-refractivity contribution in [2.45, 2.75) is 25.6 Å². The van der Waals surface area contributed by atoms with Crippen molar-refractivity contribution < 1.29 is 24.8 Å². The highest BCUT2D eigenvalue weighted by molar-refractivity contribution is 5.41. The van der Waals surface area contributed by atoms with E-state index in [0.717, 1.165) is 11.3 Å². The summed E-state index contributed by atoms with van der Waals surface area (Å²) in [6, 6.07) is 15.7. The molecule has 0 aliphatic carbocycles. The Bertz CT molecular complexity index is 694. The van der Waals surface area contributed by atoms with E-state index in [1.807, 2.05) is 36.4 Å². The molecule has 0 aromatic heterocycles. The molecule has 0 aliphatic rings. The Morgan fingerprint density at radius 2 is 1.32 bits per heavy atom. The third-order valence-corrected chi connectivity index (χ3v) is 4.91. The quantitative estimate of drug-likeness (QED) is 0.510. The number of nitrogens with zero attached hydrogens (tertiary/aromatic N) is 1. The minimum Gasteiger partial charge on any atom is -0.497 e. The van der Waals surface area contributed by atoms with Crippen LogP contribution in [0.2, 0.25) is 0 Å². The number of ether oxygens (including phenoxy) is 2. The highest BCUT2D eigenvalue weighted by atomic mass is 16.6. The van der Waals surface area contributed by atoms with Gasteiger partial charge >= 0.3 is 0 Å². The van der Waals surface area contributed by atoms with E-state index in [1.54, 1.807) is 12.0 Å². The fourth-order valence-electron chi connectivity index (χ4n) is 3.12. The second-order valence-electron chi connectivity index (χ2n) is 7.20. The molecule has 3 N–H and O–H groups in total. The zero-order chi connectivity index (χ0) is 20.6. The first-order valence-electron chi connectivity index (χ1n) is 9.44. The number of rotatable bonds is 11. The van der Waals surface area contributed by atoms with E-state index < -0.39 is 6.29 Å². The molecule has 154 valence electrons. The van der Waals surface area contributed by atoms with Gasteiger partial charge in [-0.15, -0.1) is 0 Å². The average molecular weight is 389 g/mol. The van der Waals surface area contributed by atoms with Crippen LogP contribution in [0.25, 0.3) is 0 Å². The second-order valence-corrected chi connectivity index (χ2v) is 7.20. The standard InChI is InChI=1S/C22H31NO5/c1-22(2,17-4-8-19(27-3)9-5-17)18-6-10-20(11-7-18)28-21(26)16-23(12-14-24)13-15-25/h4-11,21,24-26H,12-16H2,1-3H3. The predicted molar refractivity (Wildman–Crippen MR) is 109 cm³/mol. The van der Waals surface area contributed by atoms with Gasteiger partial charge in [-0.2, -0.15) is 0 Å². The van der Waals surface area contributed by atoms with Crippen LogP contribution in [0.3, 0.4) is 0 Å². The molecule has 0 aliphatic heterocycles. The molecule has 28 heavy (non-hydrogen) atoms. The molecule has 1 atom stereocenters. The largest absolute Gasteiger partial charge is 0.497 e. The zero-order valence-corrected chi connectivity index (χ0v) is 16.8. The van der Waals surface area contributed by atoms with Gasteiger partial charge in [0.25, 0.3) is 0 Å². The van der Waals surface area contributed by atoms with Crippen molar-refractivity contribution in [2.24, 2.45) is 0 Å². The van der Waals surface area contributed by atoms with Crippen LogP contribution in [-0.4, -0.2) is 66.5 Å². The molecule has 0 radical (unpaired) electrons. The lowest BCUT2D eigenvalue weighted by Crippen LogP contribution is -2.38. The molecular formula is C22H31NO5. The monoisotopic (exact) mass is 389 g/mol. The van der Waals surface area contributed by atoms with Crippen LogP contribution in [0, 0.1) is 0 Å². The maximum atomic E-state index is 10.1. The fourth-order valence-corrected chi connectivity index (χ4v) is 3.12. The Morgan fingerprint density at radius 3 is 1.75 bits per heavy atom. The summed E-state index contributed by atoms with van der Waals surface area (Å²) in [4.78, 5) is 1.74. The third-order valence-electron chi connectivity index (χ3n) is 4.91. The molecule has 0 spiro atoms. The summed E-state index contributed by atoms with van der Waals surface area (Å²) in [5, 5.41) is 28.2. The van der Waals surface area contributed by atoms with Crippen molar-refractivity contribution in [1.82, 2.24) is 4.90 Å². The van der Waals surface area contributed by atoms with Crippen molar-refractivity contribution in [3.63, 3.8) is 0 Å². The molecule has 2 rings (SSSR count). The highest BCUT2D eigenvalue weighted by Crippen LogP contribution is 2.33. The molecule has 6 heteroatoms. The van der Waals surface area contributed by atoms with Gasteiger partial charge in [-0.3, -0.25) is 4.90 Å². The van der Waals surface area contributed by atoms with E-state index in [-0.39, 0.29) is 25.2 Å². The lowest BCUT2D eigenvalue weighted by atomic mass is 9.78. The van der Waals surface area contributed by atoms with Crippen LogP contribution in [0.4, 0.5) is 0 Å². The molecular weight excluding hydrogens is 358 g/mol. The van der Waals surface area contributed by atoms with Crippen molar-refractivity contribution >= 4 is 0 Å². The lowest BCUT2D eigenvalue weighted by Gasteiger charge is -2.27. The average Bonchev–Trinajstić information content (AvgIpc) is 2.69. The van der Waals surface area contributed by atoms with Crippen LogP contribution in [0.5, 0.6) is 11.5 Å². The first kappa shape index (κ1) is 22.2. The van der Waals surface area contributed by atoms with Gasteiger partial charge in [-0.25, -0.2) is 0 Å². The molecule has 1 unspecified atom stereocenters. The van der Waals surface area contributed by atoms with Gasteiger partial charge in [0.2, 0.25) is 6.29 Å². The fraction of sp³-hybridized carbons (Fsp3) is 0.455. The molecule has 0 saturated carbocycles. The second kappa shape index (κ2) is 10.4. The maximum Gasteiger partial charge on any atom is 0.210 e. The Kier molecular flexibility index (Phi) is 8.26. The van der Waals surface area contributed by atoms with Gasteiger partial charge in [0.15, 0.2) is 0 Å². The maximum absolute atomic E-state index is 10.1. The van der Waals surface area contributed by atoms with Crippen molar-refractivity contribution in [3.05, 3.63) is 59.7 Å². The predicted octanol–water partition coefficient (Wildman–Crippen LogP) is 2.00. The third kappa shape index (κ3) is 5.94. The normalized spacial score (nSPS) is 12.8. The van der Waals surface area contributed by atoms with E-state index in [9.17, 15) is 5.11 Å². The Balaban J connectivity index is 2.03. The van der Waals surface area contributed by atoms with E-state index in [1.165, 1.54) is 5.56 Å². The summed E-state index contributed by atoms with van der Waals surface area (Å²) in [7, 11) is 1.65. The minimum atomic E-state index is -1.04. The first-order valence-corrected chi connectivity index (χ1v) is 9.44. The molecule has 6 nitrogen and oxygen atoms in total. The number of aliphatic hydroxyl groups is 3. The van der Waals surface area contributed by atoms with E-state index in [0.29, 0.717) is 18.8 Å². The van der Waals surface area contributed by atoms with Crippen LogP contribution in [0.15, 0.2) is 48.5 Å². The lowest BCUT2D eigenvalue weighted by molar-refractivity contribution is -0.0448. The number of methoxy groups -OCH3 is 1. The minimum absolute atomic E-state index is 0.0398. The van der Waals surface area contributed by atoms with Gasteiger partial charge in [0.05, 0.1) is 26.9 Å². The number of hydrogen-bond donors (Lipinski definition) is 3. The van der Waals surface area contributed by atoms with E-state index in [2.05, 4.69) is 26.0 Å². The van der Waals surface area contributed by atoms with Gasteiger partial charge in [-0.05, 0) is 35.4 Å². The van der Waals surface area contributed by atoms with Crippen LogP contribution in [0.1, 0.15) is 25.0 Å². The zero-order valence-electron chi connectivity index (χ0n) is 16.8. The molecule has 0 heterocycles. The molecule has 0 fully saturated rings. The summed E-state index contributed by atoms with van der Waals surface area (Å²) in [5.74, 6) is 1.39. The summed E-state index contributed by atoms with van der Waals surface area (Å²) in [6.07, 6.45) is -1.04. The number of aliphatic hydroxyl groups excluding tert-OH is 3. The Hall–Kier alpha value is -2.12. The number of hydrogen-bond acceptors (Lipinski definition) is 6. The van der Waals surface area contributed by atoms with Gasteiger partial charge in [0, 0.05) is 18.5 Å². The molecule has 0 saturated heterocycles. The van der Waals surface area contributed by atoms with Crippen molar-refractivity contribution in [2.75, 3.05) is 40.0 Å². The topological polar surface area (TPSA) is 82.4 Å². The van der Waals surface area contributed by atoms with Crippen LogP contribution in [-0.2, 0) is 5.41 Å². The molecule has 0 bridgehead atoms. The molecule has 0 amide bonds. The Morgan fingerprint density at radius 1 is 0.857 bits per heavy atom. The van der Waals surface area contributed by atoms with Gasteiger partial charge < -0.3 is 24.8 Å². The number of benzene rings is 2. The van der Waals surface area contributed by atoms with Gasteiger partial charge in [-0.1, -0.05) is 38.1 Å². The van der Waals surface area contributed by atoms with Crippen molar-refractivity contribution in [1.29, 1.82) is 0 Å². The van der Waals surface area contributed by atoms with Crippen molar-refractivity contribution in [3.8, 4) is 11.5 Å². The Labute approximate surface area is 167 Å². The van der Waals surface area contributed by atoms with E-state index in [4.69, 9.17) is 19.7 Å². The summed E-state index contributed by atoms with van der Waals surface area (Å²) in [5.41, 5.74) is 2.11. The molecule has 2 aromatic carbocycles. The SMILES string of the molecule is COc1ccc(C(C)(C)c2ccc(OC(O)CN(CCO)CCO)cc2)cc1. The smallest absolute Gasteiger partial charge is 0.210 e. The van der Waals surface area contributed by atoms with Crippen LogP contribution >= 0.6 is 0 Å². The summed E-state index contributed by atoms with van der Waals surface area (Å²) in [6.45, 7) is 5.18.